The van der Waals surface area contributed by atoms with Gasteiger partial charge in [-0.3, -0.25) is 116 Å². The lowest BCUT2D eigenvalue weighted by molar-refractivity contribution is -0.0671. The van der Waals surface area contributed by atoms with Crippen molar-refractivity contribution in [2.45, 2.75) is 172 Å². The van der Waals surface area contributed by atoms with E-state index in [-0.39, 0.29) is 17.5 Å². The molecule has 140 heavy (non-hydrogen) atoms. The highest BCUT2D eigenvalue weighted by atomic mass is 31.2. The predicted molar refractivity (Wildman–Crippen MR) is 443 cm³/mol. The Balaban J connectivity index is 0.643. The molecule has 28 N–H and O–H groups in total. The van der Waals surface area contributed by atoms with Crippen LogP contribution in [0.3, 0.4) is 0 Å². The van der Waals surface area contributed by atoms with Gasteiger partial charge in [-0.1, -0.05) is 0 Å². The van der Waals surface area contributed by atoms with Crippen LogP contribution < -0.4 is 79.5 Å². The van der Waals surface area contributed by atoms with Gasteiger partial charge in [-0.25, -0.2) is 61.1 Å². The van der Waals surface area contributed by atoms with Gasteiger partial charge in [-0.2, -0.15) is 24.9 Å². The summed E-state index contributed by atoms with van der Waals surface area (Å²) >= 11 is 0. The zero-order valence-electron chi connectivity index (χ0n) is 70.1. The largest absolute Gasteiger partial charge is 0.472 e. The number of imidazole rings is 1. The summed E-state index contributed by atoms with van der Waals surface area (Å²) in [5.41, 5.74) is 16.7. The summed E-state index contributed by atoms with van der Waals surface area (Å²) in [5.74, 6) is -1.85. The van der Waals surface area contributed by atoms with Crippen LogP contribution in [0.4, 0.5) is 29.2 Å². The van der Waals surface area contributed by atoms with Crippen molar-refractivity contribution < 1.29 is 190 Å². The predicted octanol–water partition coefficient (Wildman–Crippen LogP) is -11.7. The van der Waals surface area contributed by atoms with Crippen LogP contribution in [0.25, 0.3) is 11.2 Å². The number of nitrogens with zero attached hydrogens (tertiary/aromatic N) is 13. The van der Waals surface area contributed by atoms with Crippen molar-refractivity contribution in [1.82, 2.24) is 76.8 Å². The normalized spacial score (nSPS) is 33.4. The standard InChI is InChI=1S/C64H83N21O49P6/c65-28-1-7-79(59(98)71-28)51-36(90)35(89)22(123-51)14-116-135(104,105)130-44-23(124-53(38(44)92)81-9-3-30(67)73-61(81)100)15-118-137(108,109)131-45-24(125-54(39(45)93)82-10-4-31(68)74-62(82)101)16-119-138(110,111)132-46-25(126-55(40(46)94)83-11-5-32(87)75-63(83)102)17-120-139(112,113)133-47-26(127-56(41(47)95)84-12-6-33(88)76-64(84)103)18-121-140(114,115)134-48-27(128-57(42(48)96)85-20-70-34-49(85)77-58(69)78-50(34)97)19-117-136(106,107)129-43-21(13-86)122-52(37(43)91)80-8-2-29(66)72-60(80)99/h1-12,20-27,35-48,51-57,86,89-96H,13-19H2,(H,104,105)(H,106,107)(H,108,109)(H,110,111)(H,112,113)(H,114,115)(H2,65,71,98)(H2,66,72,99)(H2,67,73,100)(H2,68,74,101)(H,75,87,102)(H,76,88,103)(H3,69,77,78,97)/t21-,22-,23-,24-,25-,26-,27-,35-,36-,37-,38-,39-,40-,41-,42-,43-,44-,45-,46-,47-,48-,51-,52-,53-,54-,55-,56-,57-/m1/s1. The molecule has 15 rings (SSSR count). The fraction of sp³-hybridized carbons (Fsp3) is 0.547. The van der Waals surface area contributed by atoms with Crippen molar-refractivity contribution in [3.8, 4) is 0 Å². The van der Waals surface area contributed by atoms with Gasteiger partial charge in [0.2, 0.25) is 5.95 Å². The minimum atomic E-state index is -6.15. The van der Waals surface area contributed by atoms with Crippen molar-refractivity contribution in [2.24, 2.45) is 0 Å². The lowest BCUT2D eigenvalue weighted by atomic mass is 10.1. The van der Waals surface area contributed by atoms with E-state index in [9.17, 15) is 146 Å². The van der Waals surface area contributed by atoms with E-state index in [0.717, 1.165) is 59.9 Å². The molecule has 0 spiro atoms. The first-order valence-corrected chi connectivity index (χ1v) is 49.1. The topological polar surface area (TPSA) is 1020 Å². The molecule has 0 aliphatic carbocycles. The molecule has 0 radical (unpaired) electrons. The zero-order chi connectivity index (χ0) is 101. The zero-order valence-corrected chi connectivity index (χ0v) is 75.5. The lowest BCUT2D eigenvalue weighted by Crippen LogP contribution is -2.40. The Bertz CT molecular complexity index is 6830. The number of phosphoric ester groups is 6. The Hall–Kier alpha value is -9.75. The van der Waals surface area contributed by atoms with Crippen LogP contribution in [0.2, 0.25) is 0 Å². The number of nitrogen functional groups attached to an aromatic ring is 5. The molecular weight excluding hydrogens is 2030 g/mol. The van der Waals surface area contributed by atoms with Gasteiger partial charge in [0.25, 0.3) is 16.7 Å². The molecule has 70 nitrogen and oxygen atoms in total. The van der Waals surface area contributed by atoms with E-state index in [2.05, 4.69) is 34.9 Å². The van der Waals surface area contributed by atoms with E-state index in [1.54, 1.807) is 0 Å². The fourth-order valence-corrected chi connectivity index (χ4v) is 21.2. The molecule has 8 aromatic heterocycles. The molecule has 7 saturated heterocycles. The average molecular weight is 2120 g/mol. The Morgan fingerprint density at radius 1 is 0.314 bits per heavy atom. The molecular formula is C64H83N21O49P6. The summed E-state index contributed by atoms with van der Waals surface area (Å²) in [7, 11) is -35.8. The van der Waals surface area contributed by atoms with Gasteiger partial charge >= 0.3 is 81.1 Å². The third kappa shape index (κ3) is 22.9. The summed E-state index contributed by atoms with van der Waals surface area (Å²) in [5, 5.41) is 102. The maximum absolute atomic E-state index is 14.5. The number of hydrogen-bond donors (Lipinski definition) is 23. The van der Waals surface area contributed by atoms with Crippen molar-refractivity contribution >= 4 is 87.3 Å². The Morgan fingerprint density at radius 3 is 0.836 bits per heavy atom. The molecule has 7 aliphatic heterocycles. The fourth-order valence-electron chi connectivity index (χ4n) is 15.4. The number of nitrogens with one attached hydrogen (secondary N) is 3. The molecule has 6 unspecified atom stereocenters. The maximum atomic E-state index is 14.5. The highest BCUT2D eigenvalue weighted by Gasteiger charge is 2.59. The smallest absolute Gasteiger partial charge is 0.394 e. The van der Waals surface area contributed by atoms with Crippen LogP contribution in [0.1, 0.15) is 43.6 Å². The molecule has 8 aromatic rings. The molecule has 76 heteroatoms. The number of nitrogens with two attached hydrogens (primary N) is 5. The van der Waals surface area contributed by atoms with E-state index in [1.165, 1.54) is 0 Å². The van der Waals surface area contributed by atoms with Gasteiger partial charge in [0.1, 0.15) is 151 Å². The van der Waals surface area contributed by atoms with E-state index < -0.39 is 339 Å². The highest BCUT2D eigenvalue weighted by Crippen LogP contribution is 2.58. The van der Waals surface area contributed by atoms with Gasteiger partial charge in [0, 0.05) is 49.3 Å². The van der Waals surface area contributed by atoms with Crippen molar-refractivity contribution in [1.29, 1.82) is 0 Å². The second-order valence-corrected chi connectivity index (χ2v) is 39.5. The second kappa shape index (κ2) is 41.2. The summed E-state index contributed by atoms with van der Waals surface area (Å²) in [4.78, 5) is 212. The number of H-pyrrole nitrogens is 3. The van der Waals surface area contributed by atoms with Crippen LogP contribution in [0, 0.1) is 0 Å². The van der Waals surface area contributed by atoms with Crippen LogP contribution in [0.15, 0.2) is 123 Å². The van der Waals surface area contributed by atoms with Gasteiger partial charge in [-0.15, -0.1) is 0 Å². The number of aliphatic hydroxyl groups excluding tert-OH is 9. The number of fused-ring (bicyclic) bond motifs is 1. The molecule has 0 saturated carbocycles. The van der Waals surface area contributed by atoms with E-state index in [0.29, 0.717) is 51.9 Å². The number of anilines is 5. The first kappa shape index (κ1) is 105. The summed E-state index contributed by atoms with van der Waals surface area (Å²) in [6.45, 7) is -9.72. The van der Waals surface area contributed by atoms with E-state index >= 15 is 0 Å². The third-order valence-electron chi connectivity index (χ3n) is 21.8. The molecule has 0 aromatic carbocycles. The highest BCUT2D eigenvalue weighted by molar-refractivity contribution is 7.48. The molecule has 0 bridgehead atoms. The number of aliphatic hydroxyl groups is 9. The van der Waals surface area contributed by atoms with Gasteiger partial charge < -0.3 is 137 Å². The van der Waals surface area contributed by atoms with Crippen LogP contribution in [-0.4, -0.2) is 327 Å². The van der Waals surface area contributed by atoms with Gasteiger partial charge in [0.05, 0.1) is 52.6 Å². The minimum Gasteiger partial charge on any atom is -0.394 e. The van der Waals surface area contributed by atoms with Crippen molar-refractivity contribution in [3.05, 3.63) is 174 Å². The number of hydrogen-bond acceptors (Lipinski definition) is 54. The van der Waals surface area contributed by atoms with Crippen molar-refractivity contribution in [2.75, 3.05) is 74.9 Å². The van der Waals surface area contributed by atoms with E-state index in [4.69, 9.17) is 116 Å². The average Bonchev–Trinajstić information content (AvgIpc) is 1.61. The molecule has 15 heterocycles. The summed E-state index contributed by atoms with van der Waals surface area (Å²) in [6.07, 6.45) is -55.2. The van der Waals surface area contributed by atoms with Crippen LogP contribution >= 0.6 is 46.9 Å². The first-order chi connectivity index (χ1) is 65.8. The Labute approximate surface area is 772 Å². The number of aromatic nitrogens is 16. The summed E-state index contributed by atoms with van der Waals surface area (Å²) < 4.78 is 192. The number of ether oxygens (including phenoxy) is 7. The number of rotatable bonds is 38. The Morgan fingerprint density at radius 2 is 0.557 bits per heavy atom. The van der Waals surface area contributed by atoms with Crippen LogP contribution in [0.5, 0.6) is 0 Å². The molecule has 34 atom stereocenters. The van der Waals surface area contributed by atoms with E-state index in [1.807, 2.05) is 9.97 Å². The number of phosphoric acid groups is 6. The monoisotopic (exact) mass is 2120 g/mol. The maximum Gasteiger partial charge on any atom is 0.472 e. The number of aromatic amines is 3. The summed E-state index contributed by atoms with van der Waals surface area (Å²) in [6, 6.07) is 5.61. The molecule has 768 valence electrons. The lowest BCUT2D eigenvalue weighted by Gasteiger charge is -2.27. The van der Waals surface area contributed by atoms with Crippen molar-refractivity contribution in [3.63, 3.8) is 0 Å². The second-order valence-electron chi connectivity index (χ2n) is 31.0. The molecule has 7 aliphatic rings. The third-order valence-corrected chi connectivity index (χ3v) is 27.7. The first-order valence-electron chi connectivity index (χ1n) is 40.1. The van der Waals surface area contributed by atoms with Gasteiger partial charge in [-0.05, 0) is 24.3 Å². The Kier molecular flexibility index (Phi) is 30.7. The minimum absolute atomic E-state index is 0.243. The van der Waals surface area contributed by atoms with Gasteiger partial charge in [0.15, 0.2) is 54.8 Å². The SMILES string of the molecule is Nc1ccn([C@@H]2O[C@H](COP(=O)(O)O[C@H]3[C@@H](O)[C@H](n4ccc(N)nc4=O)O[C@@H]3COP(=O)(O)O[C@H]3[C@@H](O)[C@H](n4ccc(N)nc4=O)O[C@@H]3COP(=O)(O)O[C@H]3[C@@H](O)[C@H](n4ccc(=O)[nH]c4=O)O[C@@H]3COP(=O)(O)O[C@H]3[C@@H](O)[C@H](n4ccc(=O)[nH]c4=O)O[C@@H]3COP(=O)(O)O[C@H]3[C@@H](O)[C@H](n4cnc5c(=O)[nH]c(N)nc54)O[C@@H]3COP(=O)(O)O[C@H]3[C@@H](O)[C@H](n4ccc(N)nc4=O)O[C@@H]3CO)[C@@H](O)[C@H]2O)c(=O)n1. The van der Waals surface area contributed by atoms with Crippen LogP contribution in [-0.2, 0) is 115 Å². The quantitative estimate of drug-likeness (QED) is 0.0160. The molecule has 0 amide bonds. The molecule has 7 fully saturated rings.